The number of nitrogens with zero attached hydrogens (tertiary/aromatic N) is 1. The second-order valence-electron chi connectivity index (χ2n) is 5.58. The Morgan fingerprint density at radius 1 is 1.50 bits per heavy atom. The van der Waals surface area contributed by atoms with Gasteiger partial charge in [-0.3, -0.25) is 4.79 Å². The molecule has 1 saturated heterocycles. The molecule has 1 fully saturated rings. The van der Waals surface area contributed by atoms with E-state index in [0.717, 1.165) is 30.5 Å². The first-order valence-corrected chi connectivity index (χ1v) is 8.15. The van der Waals surface area contributed by atoms with Gasteiger partial charge in [0.15, 0.2) is 0 Å². The van der Waals surface area contributed by atoms with Crippen molar-refractivity contribution in [3.8, 4) is 0 Å². The SMILES string of the molecule is CCC(=O)N1CC[C@H](NCc2cccc(Br)c2)[C@H](C)C1. The fraction of sp³-hybridized carbons (Fsp3) is 0.562. The van der Waals surface area contributed by atoms with Crippen LogP contribution in [0.2, 0.25) is 0 Å². The number of carbonyl (C=O) groups is 1. The third-order valence-electron chi connectivity index (χ3n) is 4.02. The monoisotopic (exact) mass is 338 g/mol. The predicted octanol–water partition coefficient (Wildman–Crippen LogP) is 3.19. The zero-order valence-electron chi connectivity index (χ0n) is 12.2. The Hall–Kier alpha value is -0.870. The van der Waals surface area contributed by atoms with Crippen molar-refractivity contribution in [2.24, 2.45) is 5.92 Å². The maximum absolute atomic E-state index is 11.7. The predicted molar refractivity (Wildman–Crippen MR) is 85.4 cm³/mol. The van der Waals surface area contributed by atoms with Gasteiger partial charge in [0.1, 0.15) is 0 Å². The molecule has 0 bridgehead atoms. The number of hydrogen-bond donors (Lipinski definition) is 1. The van der Waals surface area contributed by atoms with Gasteiger partial charge in [0.25, 0.3) is 0 Å². The highest BCUT2D eigenvalue weighted by Gasteiger charge is 2.27. The molecular weight excluding hydrogens is 316 g/mol. The van der Waals surface area contributed by atoms with Crippen LogP contribution < -0.4 is 5.32 Å². The largest absolute Gasteiger partial charge is 0.342 e. The summed E-state index contributed by atoms with van der Waals surface area (Å²) in [5, 5.41) is 3.63. The zero-order chi connectivity index (χ0) is 14.5. The van der Waals surface area contributed by atoms with Gasteiger partial charge >= 0.3 is 0 Å². The van der Waals surface area contributed by atoms with Gasteiger partial charge in [-0.15, -0.1) is 0 Å². The molecule has 1 aromatic carbocycles. The highest BCUT2D eigenvalue weighted by molar-refractivity contribution is 9.10. The quantitative estimate of drug-likeness (QED) is 0.914. The molecule has 0 unspecified atom stereocenters. The Kier molecular flexibility index (Phi) is 5.61. The van der Waals surface area contributed by atoms with Gasteiger partial charge in [0.2, 0.25) is 5.91 Å². The Morgan fingerprint density at radius 2 is 2.30 bits per heavy atom. The number of likely N-dealkylation sites (tertiary alicyclic amines) is 1. The molecule has 0 spiro atoms. The fourth-order valence-electron chi connectivity index (χ4n) is 2.79. The van der Waals surface area contributed by atoms with Crippen molar-refractivity contribution in [3.05, 3.63) is 34.3 Å². The number of nitrogens with one attached hydrogen (secondary N) is 1. The highest BCUT2D eigenvalue weighted by Crippen LogP contribution is 2.18. The molecule has 110 valence electrons. The first kappa shape index (κ1) is 15.5. The summed E-state index contributed by atoms with van der Waals surface area (Å²) in [5.41, 5.74) is 1.29. The van der Waals surface area contributed by atoms with Crippen molar-refractivity contribution in [1.82, 2.24) is 10.2 Å². The third-order valence-corrected chi connectivity index (χ3v) is 4.51. The number of amides is 1. The van der Waals surface area contributed by atoms with Crippen molar-refractivity contribution < 1.29 is 4.79 Å². The Balaban J connectivity index is 1.84. The summed E-state index contributed by atoms with van der Waals surface area (Å²) in [7, 11) is 0. The van der Waals surface area contributed by atoms with Crippen molar-refractivity contribution in [2.75, 3.05) is 13.1 Å². The second-order valence-corrected chi connectivity index (χ2v) is 6.49. The maximum Gasteiger partial charge on any atom is 0.222 e. The van der Waals surface area contributed by atoms with Crippen LogP contribution in [-0.2, 0) is 11.3 Å². The van der Waals surface area contributed by atoms with Crippen LogP contribution in [0.4, 0.5) is 0 Å². The van der Waals surface area contributed by atoms with Gasteiger partial charge in [-0.1, -0.05) is 41.9 Å². The number of piperidine rings is 1. The fourth-order valence-corrected chi connectivity index (χ4v) is 3.24. The Morgan fingerprint density at radius 3 is 2.95 bits per heavy atom. The van der Waals surface area contributed by atoms with E-state index in [4.69, 9.17) is 0 Å². The van der Waals surface area contributed by atoms with E-state index in [1.807, 2.05) is 17.9 Å². The Labute approximate surface area is 129 Å². The van der Waals surface area contributed by atoms with E-state index in [-0.39, 0.29) is 5.91 Å². The summed E-state index contributed by atoms with van der Waals surface area (Å²) in [6.45, 7) is 6.81. The first-order valence-electron chi connectivity index (χ1n) is 7.35. The van der Waals surface area contributed by atoms with E-state index in [1.165, 1.54) is 5.56 Å². The number of rotatable bonds is 4. The van der Waals surface area contributed by atoms with Crippen LogP contribution in [0, 0.1) is 5.92 Å². The first-order chi connectivity index (χ1) is 9.60. The van der Waals surface area contributed by atoms with Crippen LogP contribution in [0.1, 0.15) is 32.3 Å². The number of hydrogen-bond acceptors (Lipinski definition) is 2. The van der Waals surface area contributed by atoms with E-state index >= 15 is 0 Å². The minimum atomic E-state index is 0.280. The van der Waals surface area contributed by atoms with Crippen LogP contribution in [0.5, 0.6) is 0 Å². The van der Waals surface area contributed by atoms with Gasteiger partial charge in [0, 0.05) is 36.6 Å². The minimum absolute atomic E-state index is 0.280. The van der Waals surface area contributed by atoms with Crippen LogP contribution in [0.3, 0.4) is 0 Å². The molecule has 1 amide bonds. The molecule has 0 radical (unpaired) electrons. The third kappa shape index (κ3) is 4.06. The van der Waals surface area contributed by atoms with Crippen molar-refractivity contribution in [3.63, 3.8) is 0 Å². The van der Waals surface area contributed by atoms with Crippen molar-refractivity contribution in [2.45, 2.75) is 39.3 Å². The standard InChI is InChI=1S/C16H23BrN2O/c1-3-16(20)19-8-7-15(12(2)11-19)18-10-13-5-4-6-14(17)9-13/h4-6,9,12,15,18H,3,7-8,10-11H2,1-2H3/t12-,15+/m1/s1. The van der Waals surface area contributed by atoms with Gasteiger partial charge in [-0.05, 0) is 30.0 Å². The lowest BCUT2D eigenvalue weighted by molar-refractivity contribution is -0.132. The summed E-state index contributed by atoms with van der Waals surface area (Å²) in [6.07, 6.45) is 1.66. The van der Waals surface area contributed by atoms with Crippen molar-refractivity contribution in [1.29, 1.82) is 0 Å². The van der Waals surface area contributed by atoms with Crippen molar-refractivity contribution >= 4 is 21.8 Å². The molecule has 1 N–H and O–H groups in total. The molecule has 1 heterocycles. The minimum Gasteiger partial charge on any atom is -0.342 e. The summed E-state index contributed by atoms with van der Waals surface area (Å²) in [6, 6.07) is 8.88. The molecule has 3 nitrogen and oxygen atoms in total. The topological polar surface area (TPSA) is 32.3 Å². The maximum atomic E-state index is 11.7. The lowest BCUT2D eigenvalue weighted by atomic mass is 9.93. The molecule has 1 aliphatic heterocycles. The number of carbonyl (C=O) groups excluding carboxylic acids is 1. The van der Waals surface area contributed by atoms with E-state index in [2.05, 4.69) is 46.4 Å². The van der Waals surface area contributed by atoms with Gasteiger partial charge in [-0.25, -0.2) is 0 Å². The highest BCUT2D eigenvalue weighted by atomic mass is 79.9. The molecule has 20 heavy (non-hydrogen) atoms. The van der Waals surface area contributed by atoms with E-state index in [1.54, 1.807) is 0 Å². The van der Waals surface area contributed by atoms with Crippen LogP contribution in [0.15, 0.2) is 28.7 Å². The summed E-state index contributed by atoms with van der Waals surface area (Å²) in [4.78, 5) is 13.7. The lowest BCUT2D eigenvalue weighted by Gasteiger charge is -2.37. The van der Waals surface area contributed by atoms with Gasteiger partial charge in [-0.2, -0.15) is 0 Å². The summed E-state index contributed by atoms with van der Waals surface area (Å²) in [5.74, 6) is 0.786. The molecule has 0 saturated carbocycles. The zero-order valence-corrected chi connectivity index (χ0v) is 13.8. The lowest BCUT2D eigenvalue weighted by Crippen LogP contribution is -2.49. The smallest absolute Gasteiger partial charge is 0.222 e. The van der Waals surface area contributed by atoms with E-state index in [0.29, 0.717) is 18.4 Å². The summed E-state index contributed by atoms with van der Waals surface area (Å²) >= 11 is 3.50. The molecule has 0 aromatic heterocycles. The van der Waals surface area contributed by atoms with E-state index < -0.39 is 0 Å². The number of halogens is 1. The van der Waals surface area contributed by atoms with Crippen LogP contribution in [0.25, 0.3) is 0 Å². The molecule has 1 aliphatic rings. The van der Waals surface area contributed by atoms with E-state index in [9.17, 15) is 4.79 Å². The molecule has 0 aliphatic carbocycles. The number of benzene rings is 1. The van der Waals surface area contributed by atoms with Crippen LogP contribution in [-0.4, -0.2) is 29.9 Å². The molecule has 2 atom stereocenters. The molecular formula is C16H23BrN2O. The second kappa shape index (κ2) is 7.23. The Bertz CT molecular complexity index is 464. The average molecular weight is 339 g/mol. The normalized spacial score (nSPS) is 22.9. The molecule has 4 heteroatoms. The van der Waals surface area contributed by atoms with Gasteiger partial charge < -0.3 is 10.2 Å². The molecule has 1 aromatic rings. The summed E-state index contributed by atoms with van der Waals surface area (Å²) < 4.78 is 1.12. The van der Waals surface area contributed by atoms with Crippen LogP contribution >= 0.6 is 15.9 Å². The molecule has 2 rings (SSSR count). The van der Waals surface area contributed by atoms with Gasteiger partial charge in [0.05, 0.1) is 0 Å². The average Bonchev–Trinajstić information content (AvgIpc) is 2.45.